The van der Waals surface area contributed by atoms with Gasteiger partial charge in [-0.15, -0.1) is 0 Å². The predicted octanol–water partition coefficient (Wildman–Crippen LogP) is 1.63. The number of aliphatic hydroxyl groups is 1. The minimum atomic E-state index is -0.944. The monoisotopic (exact) mass is 364 g/mol. The molecule has 2 saturated heterocycles. The molecule has 2 heterocycles. The van der Waals surface area contributed by atoms with Gasteiger partial charge >= 0.3 is 5.97 Å². The molecular formula is C19H24O7. The van der Waals surface area contributed by atoms with Crippen molar-refractivity contribution in [3.63, 3.8) is 0 Å². The number of benzene rings is 1. The highest BCUT2D eigenvalue weighted by atomic mass is 16.8. The summed E-state index contributed by atoms with van der Waals surface area (Å²) in [7, 11) is 0. The van der Waals surface area contributed by atoms with Gasteiger partial charge in [0, 0.05) is 0 Å². The van der Waals surface area contributed by atoms with Crippen LogP contribution >= 0.6 is 0 Å². The molecule has 2 unspecified atom stereocenters. The number of hydrogen-bond donors (Lipinski definition) is 1. The fraction of sp³-hybridized carbons (Fsp3) is 0.632. The maximum atomic E-state index is 12.6. The van der Waals surface area contributed by atoms with Crippen LogP contribution in [-0.4, -0.2) is 59.3 Å². The van der Waals surface area contributed by atoms with Gasteiger partial charge in [0.05, 0.1) is 5.56 Å². The van der Waals surface area contributed by atoms with Gasteiger partial charge in [0.2, 0.25) is 0 Å². The molecule has 3 aliphatic rings. The summed E-state index contributed by atoms with van der Waals surface area (Å²) < 4.78 is 29.4. The summed E-state index contributed by atoms with van der Waals surface area (Å²) in [5, 5.41) is 10.7. The first-order valence-electron chi connectivity index (χ1n) is 8.82. The van der Waals surface area contributed by atoms with Crippen LogP contribution in [0.2, 0.25) is 0 Å². The molecule has 6 atom stereocenters. The molecule has 1 aromatic carbocycles. The van der Waals surface area contributed by atoms with Gasteiger partial charge in [0.15, 0.2) is 17.7 Å². The Morgan fingerprint density at radius 3 is 1.85 bits per heavy atom. The van der Waals surface area contributed by atoms with Crippen molar-refractivity contribution in [3.05, 3.63) is 35.9 Å². The Kier molecular flexibility index (Phi) is 4.13. The van der Waals surface area contributed by atoms with Crippen molar-refractivity contribution >= 4 is 5.97 Å². The number of carbonyl (C=O) groups excluding carboxylic acids is 1. The molecule has 3 fully saturated rings. The Hall–Kier alpha value is -1.51. The van der Waals surface area contributed by atoms with Gasteiger partial charge in [-0.1, -0.05) is 18.2 Å². The zero-order chi connectivity index (χ0) is 18.7. The minimum Gasteiger partial charge on any atom is -0.453 e. The van der Waals surface area contributed by atoms with Crippen molar-refractivity contribution in [2.24, 2.45) is 0 Å². The minimum absolute atomic E-state index is 0.433. The average molecular weight is 364 g/mol. The summed E-state index contributed by atoms with van der Waals surface area (Å²) in [5.74, 6) is -2.28. The van der Waals surface area contributed by atoms with Crippen molar-refractivity contribution in [3.8, 4) is 0 Å². The smallest absolute Gasteiger partial charge is 0.338 e. The summed E-state index contributed by atoms with van der Waals surface area (Å²) in [6, 6.07) is 8.72. The molecule has 7 nitrogen and oxygen atoms in total. The molecule has 0 radical (unpaired) electrons. The molecule has 142 valence electrons. The fourth-order valence-electron chi connectivity index (χ4n) is 3.94. The maximum Gasteiger partial charge on any atom is 0.338 e. The van der Waals surface area contributed by atoms with Gasteiger partial charge in [0.25, 0.3) is 0 Å². The van der Waals surface area contributed by atoms with Gasteiger partial charge in [-0.05, 0) is 39.8 Å². The molecule has 1 aliphatic carbocycles. The third-order valence-electron chi connectivity index (χ3n) is 4.90. The summed E-state index contributed by atoms with van der Waals surface area (Å²) in [4.78, 5) is 12.6. The lowest BCUT2D eigenvalue weighted by Crippen LogP contribution is -2.62. The van der Waals surface area contributed by atoms with Gasteiger partial charge in [-0.2, -0.15) is 0 Å². The number of esters is 1. The predicted molar refractivity (Wildman–Crippen MR) is 89.3 cm³/mol. The van der Waals surface area contributed by atoms with E-state index in [9.17, 15) is 9.90 Å². The summed E-state index contributed by atoms with van der Waals surface area (Å²) in [6.45, 7) is 7.04. The van der Waals surface area contributed by atoms with Crippen LogP contribution in [0.25, 0.3) is 0 Å². The zero-order valence-corrected chi connectivity index (χ0v) is 15.2. The molecule has 0 bridgehead atoms. The van der Waals surface area contributed by atoms with Gasteiger partial charge in [0.1, 0.15) is 30.5 Å². The van der Waals surface area contributed by atoms with Crippen LogP contribution in [0.3, 0.4) is 0 Å². The Bertz CT molecular complexity index is 654. The van der Waals surface area contributed by atoms with E-state index in [1.165, 1.54) is 0 Å². The van der Waals surface area contributed by atoms with Crippen molar-refractivity contribution in [1.82, 2.24) is 0 Å². The molecule has 1 aromatic rings. The lowest BCUT2D eigenvalue weighted by atomic mass is 9.85. The van der Waals surface area contributed by atoms with Gasteiger partial charge in [-0.3, -0.25) is 0 Å². The molecular weight excluding hydrogens is 340 g/mol. The van der Waals surface area contributed by atoms with Crippen molar-refractivity contribution in [1.29, 1.82) is 0 Å². The molecule has 4 rings (SSSR count). The van der Waals surface area contributed by atoms with E-state index in [1.807, 2.05) is 6.07 Å². The molecule has 0 amide bonds. The second kappa shape index (κ2) is 6.00. The lowest BCUT2D eigenvalue weighted by Gasteiger charge is -2.40. The van der Waals surface area contributed by atoms with Crippen molar-refractivity contribution < 1.29 is 33.6 Å². The van der Waals surface area contributed by atoms with Crippen LogP contribution in [0, 0.1) is 0 Å². The highest BCUT2D eigenvalue weighted by Gasteiger charge is 2.64. The standard InChI is InChI=1S/C19H24O7/c1-18(2)23-12-11(20)13-16(26-19(3,4)24-13)14(15(12)25-18)22-17(21)10-8-6-5-7-9-10/h5-9,11-16,20H,1-4H3/t11?,12-,13+,14?,15-,16+. The van der Waals surface area contributed by atoms with Crippen LogP contribution in [0.5, 0.6) is 0 Å². The first-order valence-corrected chi connectivity index (χ1v) is 8.82. The van der Waals surface area contributed by atoms with E-state index in [1.54, 1.807) is 52.0 Å². The first-order chi connectivity index (χ1) is 12.2. The van der Waals surface area contributed by atoms with Crippen LogP contribution in [-0.2, 0) is 23.7 Å². The van der Waals surface area contributed by atoms with E-state index in [2.05, 4.69) is 0 Å². The third kappa shape index (κ3) is 3.04. The SMILES string of the molecule is CC1(C)O[C@@H]2C(OC(=O)c3ccccc3)[C@@H]3OC(C)(C)O[C@@H]3C(O)[C@@H]2O1. The molecule has 1 N–H and O–H groups in total. The Morgan fingerprint density at radius 2 is 1.35 bits per heavy atom. The zero-order valence-electron chi connectivity index (χ0n) is 15.2. The highest BCUT2D eigenvalue weighted by molar-refractivity contribution is 5.89. The third-order valence-corrected chi connectivity index (χ3v) is 4.90. The summed E-state index contributed by atoms with van der Waals surface area (Å²) >= 11 is 0. The molecule has 2 aliphatic heterocycles. The lowest BCUT2D eigenvalue weighted by molar-refractivity contribution is -0.183. The average Bonchev–Trinajstić information content (AvgIpc) is 3.08. The Balaban J connectivity index is 1.64. The van der Waals surface area contributed by atoms with Crippen molar-refractivity contribution in [2.75, 3.05) is 0 Å². The number of ether oxygens (including phenoxy) is 5. The van der Waals surface area contributed by atoms with Crippen molar-refractivity contribution in [2.45, 2.75) is 75.9 Å². The van der Waals surface area contributed by atoms with E-state index in [0.29, 0.717) is 5.56 Å². The second-order valence-corrected chi connectivity index (χ2v) is 7.86. The van der Waals surface area contributed by atoms with Crippen LogP contribution in [0.15, 0.2) is 30.3 Å². The molecule has 0 aromatic heterocycles. The molecule has 26 heavy (non-hydrogen) atoms. The molecule has 7 heteroatoms. The van der Waals surface area contributed by atoms with E-state index < -0.39 is 54.2 Å². The fourth-order valence-corrected chi connectivity index (χ4v) is 3.94. The number of fused-ring (bicyclic) bond motifs is 2. The molecule has 1 saturated carbocycles. The van der Waals surface area contributed by atoms with E-state index >= 15 is 0 Å². The van der Waals surface area contributed by atoms with Gasteiger partial charge in [-0.25, -0.2) is 4.79 Å². The van der Waals surface area contributed by atoms with E-state index in [0.717, 1.165) is 0 Å². The maximum absolute atomic E-state index is 12.6. The Labute approximate surface area is 152 Å². The van der Waals surface area contributed by atoms with Gasteiger partial charge < -0.3 is 28.8 Å². The topological polar surface area (TPSA) is 83.5 Å². The molecule has 0 spiro atoms. The second-order valence-electron chi connectivity index (χ2n) is 7.86. The number of carbonyl (C=O) groups is 1. The van der Waals surface area contributed by atoms with E-state index in [-0.39, 0.29) is 0 Å². The number of hydrogen-bond acceptors (Lipinski definition) is 7. The largest absolute Gasteiger partial charge is 0.453 e. The van der Waals surface area contributed by atoms with E-state index in [4.69, 9.17) is 23.7 Å². The normalized spacial score (nSPS) is 39.9. The summed E-state index contributed by atoms with van der Waals surface area (Å²) in [6.07, 6.45) is -4.34. The van der Waals surface area contributed by atoms with Crippen LogP contribution < -0.4 is 0 Å². The number of rotatable bonds is 2. The van der Waals surface area contributed by atoms with Crippen LogP contribution in [0.4, 0.5) is 0 Å². The van der Waals surface area contributed by atoms with Crippen LogP contribution in [0.1, 0.15) is 38.1 Å². The highest BCUT2D eigenvalue weighted by Crippen LogP contribution is 2.45. The quantitative estimate of drug-likeness (QED) is 0.799. The summed E-state index contributed by atoms with van der Waals surface area (Å²) in [5.41, 5.74) is 0.433. The Morgan fingerprint density at radius 1 is 0.885 bits per heavy atom. The first kappa shape index (κ1) is 17.9. The number of aliphatic hydroxyl groups excluding tert-OH is 1.